The summed E-state index contributed by atoms with van der Waals surface area (Å²) >= 11 is 0. The number of hydrogen-bond donors (Lipinski definition) is 0. The van der Waals surface area contributed by atoms with E-state index in [0.717, 1.165) is 23.9 Å². The fraction of sp³-hybridized carbons (Fsp3) is 0.263. The minimum Gasteiger partial charge on any atom is -0.440 e. The molecule has 1 aliphatic heterocycles. The van der Waals surface area contributed by atoms with Crippen LogP contribution < -0.4 is 0 Å². The first-order valence-electron chi connectivity index (χ1n) is 8.31. The number of fused-ring (bicyclic) bond motifs is 1. The van der Waals surface area contributed by atoms with Crippen LogP contribution in [0.25, 0.3) is 11.1 Å². The van der Waals surface area contributed by atoms with Crippen LogP contribution in [0.15, 0.2) is 53.2 Å². The highest BCUT2D eigenvalue weighted by atomic mass is 16.3. The van der Waals surface area contributed by atoms with Gasteiger partial charge >= 0.3 is 0 Å². The minimum absolute atomic E-state index is 0.00629. The van der Waals surface area contributed by atoms with Crippen molar-refractivity contribution < 1.29 is 14.0 Å². The van der Waals surface area contributed by atoms with Crippen molar-refractivity contribution in [2.75, 3.05) is 13.1 Å². The first kappa shape index (κ1) is 15.5. The van der Waals surface area contributed by atoms with Crippen LogP contribution in [-0.2, 0) is 4.79 Å². The number of pyridine rings is 1. The standard InChI is InChI=1S/C19H17N3O3/c23-17(13-5-3-9-20-11-13)19(24)22-10-4-6-14(12-22)18-21-15-7-1-2-8-16(15)25-18/h1-3,5,7-9,11,14H,4,6,10,12H2/t14-/m0/s1. The SMILES string of the molecule is O=C(C(=O)N1CCC[C@H](c2nc3ccccc3o2)C1)c1cccnc1. The molecule has 1 fully saturated rings. The summed E-state index contributed by atoms with van der Waals surface area (Å²) in [5.74, 6) is -0.376. The molecule has 6 nitrogen and oxygen atoms in total. The molecule has 6 heteroatoms. The second kappa shape index (κ2) is 6.47. The Bertz CT molecular complexity index is 887. The van der Waals surface area contributed by atoms with Crippen molar-refractivity contribution in [2.24, 2.45) is 0 Å². The maximum absolute atomic E-state index is 12.5. The summed E-state index contributed by atoms with van der Waals surface area (Å²) in [5.41, 5.74) is 1.87. The Morgan fingerprint density at radius 2 is 2.04 bits per heavy atom. The lowest BCUT2D eigenvalue weighted by atomic mass is 9.97. The van der Waals surface area contributed by atoms with E-state index in [1.54, 1.807) is 23.2 Å². The molecule has 1 aliphatic rings. The summed E-state index contributed by atoms with van der Waals surface area (Å²) in [6.45, 7) is 1.01. The molecule has 4 rings (SSSR count). The number of Topliss-reactive ketones (excluding diaryl/α,β-unsaturated/α-hetero) is 1. The van der Waals surface area contributed by atoms with E-state index < -0.39 is 11.7 Å². The Morgan fingerprint density at radius 3 is 2.84 bits per heavy atom. The minimum atomic E-state index is -0.522. The zero-order chi connectivity index (χ0) is 17.2. The number of amides is 1. The number of carbonyl (C=O) groups excluding carboxylic acids is 2. The molecular weight excluding hydrogens is 318 g/mol. The van der Waals surface area contributed by atoms with Gasteiger partial charge in [0.05, 0.1) is 5.92 Å². The van der Waals surface area contributed by atoms with Gasteiger partial charge in [-0.1, -0.05) is 12.1 Å². The lowest BCUT2D eigenvalue weighted by Gasteiger charge is -2.30. The maximum atomic E-state index is 12.5. The van der Waals surface area contributed by atoms with E-state index in [2.05, 4.69) is 9.97 Å². The molecule has 3 aromatic rings. The molecule has 0 radical (unpaired) electrons. The highest BCUT2D eigenvalue weighted by molar-refractivity contribution is 6.42. The third-order valence-corrected chi connectivity index (χ3v) is 4.49. The number of oxazole rings is 1. The Balaban J connectivity index is 1.52. The van der Waals surface area contributed by atoms with Crippen LogP contribution in [0.3, 0.4) is 0 Å². The van der Waals surface area contributed by atoms with Gasteiger partial charge in [0.2, 0.25) is 0 Å². The van der Waals surface area contributed by atoms with Gasteiger partial charge in [-0.2, -0.15) is 0 Å². The number of carbonyl (C=O) groups is 2. The predicted molar refractivity (Wildman–Crippen MR) is 91.1 cm³/mol. The molecule has 2 aromatic heterocycles. The number of aromatic nitrogens is 2. The van der Waals surface area contributed by atoms with Gasteiger partial charge in [-0.15, -0.1) is 0 Å². The van der Waals surface area contributed by atoms with Gasteiger partial charge in [-0.05, 0) is 37.1 Å². The van der Waals surface area contributed by atoms with Crippen LogP contribution in [0.4, 0.5) is 0 Å². The van der Waals surface area contributed by atoms with E-state index in [-0.39, 0.29) is 5.92 Å². The highest BCUT2D eigenvalue weighted by Crippen LogP contribution is 2.29. The lowest BCUT2D eigenvalue weighted by Crippen LogP contribution is -2.42. The van der Waals surface area contributed by atoms with Crippen LogP contribution >= 0.6 is 0 Å². The van der Waals surface area contributed by atoms with Crippen LogP contribution in [0.1, 0.15) is 35.0 Å². The predicted octanol–water partition coefficient (Wildman–Crippen LogP) is 2.81. The topological polar surface area (TPSA) is 76.3 Å². The molecule has 3 heterocycles. The van der Waals surface area contributed by atoms with Gasteiger partial charge in [0, 0.05) is 31.0 Å². The monoisotopic (exact) mass is 335 g/mol. The zero-order valence-corrected chi connectivity index (χ0v) is 13.6. The largest absolute Gasteiger partial charge is 0.440 e. The number of likely N-dealkylation sites (tertiary alicyclic amines) is 1. The average Bonchev–Trinajstić information content (AvgIpc) is 3.12. The maximum Gasteiger partial charge on any atom is 0.295 e. The molecule has 0 unspecified atom stereocenters. The quantitative estimate of drug-likeness (QED) is 0.543. The molecule has 1 amide bonds. The van der Waals surface area contributed by atoms with E-state index >= 15 is 0 Å². The Kier molecular flexibility index (Phi) is 4.01. The van der Waals surface area contributed by atoms with Crippen LogP contribution in [0, 0.1) is 0 Å². The summed E-state index contributed by atoms with van der Waals surface area (Å²) in [4.78, 5) is 34.9. The first-order chi connectivity index (χ1) is 12.2. The van der Waals surface area contributed by atoms with Gasteiger partial charge in [-0.3, -0.25) is 14.6 Å². The Morgan fingerprint density at radius 1 is 1.16 bits per heavy atom. The molecule has 1 saturated heterocycles. The van der Waals surface area contributed by atoms with E-state index in [1.165, 1.54) is 6.20 Å². The first-order valence-corrected chi connectivity index (χ1v) is 8.31. The second-order valence-corrected chi connectivity index (χ2v) is 6.18. The Hall–Kier alpha value is -3.02. The molecular formula is C19H17N3O3. The third-order valence-electron chi connectivity index (χ3n) is 4.49. The van der Waals surface area contributed by atoms with Crippen molar-refractivity contribution >= 4 is 22.8 Å². The molecule has 126 valence electrons. The van der Waals surface area contributed by atoms with Crippen molar-refractivity contribution in [3.05, 3.63) is 60.2 Å². The number of hydrogen-bond acceptors (Lipinski definition) is 5. The molecule has 0 bridgehead atoms. The number of nitrogens with zero attached hydrogens (tertiary/aromatic N) is 3. The zero-order valence-electron chi connectivity index (χ0n) is 13.6. The summed E-state index contributed by atoms with van der Waals surface area (Å²) in [7, 11) is 0. The fourth-order valence-electron chi connectivity index (χ4n) is 3.19. The Labute approximate surface area is 144 Å². The number of benzene rings is 1. The highest BCUT2D eigenvalue weighted by Gasteiger charge is 2.31. The van der Waals surface area contributed by atoms with Crippen molar-refractivity contribution in [2.45, 2.75) is 18.8 Å². The average molecular weight is 335 g/mol. The molecule has 1 aromatic carbocycles. The molecule has 0 aliphatic carbocycles. The smallest absolute Gasteiger partial charge is 0.295 e. The summed E-state index contributed by atoms with van der Waals surface area (Å²) in [6, 6.07) is 10.9. The van der Waals surface area contributed by atoms with Crippen molar-refractivity contribution in [1.82, 2.24) is 14.9 Å². The lowest BCUT2D eigenvalue weighted by molar-refractivity contribution is -0.127. The molecule has 25 heavy (non-hydrogen) atoms. The van der Waals surface area contributed by atoms with Gasteiger partial charge in [0.15, 0.2) is 11.5 Å². The van der Waals surface area contributed by atoms with Crippen molar-refractivity contribution in [1.29, 1.82) is 0 Å². The van der Waals surface area contributed by atoms with E-state index in [9.17, 15) is 9.59 Å². The summed E-state index contributed by atoms with van der Waals surface area (Å²) < 4.78 is 5.84. The molecule has 0 saturated carbocycles. The number of para-hydroxylation sites is 2. The molecule has 1 atom stereocenters. The fourth-order valence-corrected chi connectivity index (χ4v) is 3.19. The van der Waals surface area contributed by atoms with Gasteiger partial charge in [-0.25, -0.2) is 4.98 Å². The molecule has 0 N–H and O–H groups in total. The van der Waals surface area contributed by atoms with Gasteiger partial charge < -0.3 is 9.32 Å². The normalized spacial score (nSPS) is 17.6. The van der Waals surface area contributed by atoms with Gasteiger partial charge in [0.1, 0.15) is 5.52 Å². The van der Waals surface area contributed by atoms with Crippen LogP contribution in [-0.4, -0.2) is 39.6 Å². The second-order valence-electron chi connectivity index (χ2n) is 6.18. The third kappa shape index (κ3) is 3.03. The summed E-state index contributed by atoms with van der Waals surface area (Å²) in [5, 5.41) is 0. The van der Waals surface area contributed by atoms with Crippen LogP contribution in [0.2, 0.25) is 0 Å². The van der Waals surface area contributed by atoms with E-state index in [0.29, 0.717) is 24.5 Å². The van der Waals surface area contributed by atoms with Crippen molar-refractivity contribution in [3.63, 3.8) is 0 Å². The van der Waals surface area contributed by atoms with Crippen molar-refractivity contribution in [3.8, 4) is 0 Å². The molecule has 0 spiro atoms. The number of piperidine rings is 1. The van der Waals surface area contributed by atoms with E-state index in [4.69, 9.17) is 4.42 Å². The number of ketones is 1. The van der Waals surface area contributed by atoms with Gasteiger partial charge in [0.25, 0.3) is 11.7 Å². The van der Waals surface area contributed by atoms with Crippen LogP contribution in [0.5, 0.6) is 0 Å². The summed E-state index contributed by atoms with van der Waals surface area (Å²) in [6.07, 6.45) is 4.70. The number of rotatable bonds is 3. The van der Waals surface area contributed by atoms with E-state index in [1.807, 2.05) is 24.3 Å².